The Hall–Kier alpha value is -1.98. The molecule has 1 N–H and O–H groups in total. The van der Waals surface area contributed by atoms with Crippen LogP contribution < -0.4 is 5.32 Å². The lowest BCUT2D eigenvalue weighted by Crippen LogP contribution is -2.48. The maximum absolute atomic E-state index is 13.0. The second-order valence-corrected chi connectivity index (χ2v) is 8.52. The largest absolute Gasteiger partial charge is 0.354 e. The zero-order valence-electron chi connectivity index (χ0n) is 17.3. The van der Waals surface area contributed by atoms with E-state index >= 15 is 0 Å². The second-order valence-electron chi connectivity index (χ2n) is 7.10. The van der Waals surface area contributed by atoms with Crippen molar-refractivity contribution in [2.45, 2.75) is 45.5 Å². The average molecular weight is 433 g/mol. The minimum absolute atomic E-state index is 0.0374. The molecule has 2 rings (SSSR count). The Morgan fingerprint density at radius 3 is 2.52 bits per heavy atom. The van der Waals surface area contributed by atoms with Crippen molar-refractivity contribution < 1.29 is 9.59 Å². The van der Waals surface area contributed by atoms with Crippen molar-refractivity contribution >= 4 is 35.2 Å². The lowest BCUT2D eigenvalue weighted by Gasteiger charge is -2.29. The van der Waals surface area contributed by atoms with Crippen LogP contribution in [-0.2, 0) is 21.9 Å². The molecular weight excluding hydrogens is 404 g/mol. The number of carbonyl (C=O) groups excluding carboxylic acids is 2. The maximum Gasteiger partial charge on any atom is 0.242 e. The van der Waals surface area contributed by atoms with Gasteiger partial charge in [0.25, 0.3) is 0 Å². The molecule has 0 spiro atoms. The number of benzene rings is 2. The van der Waals surface area contributed by atoms with Gasteiger partial charge >= 0.3 is 0 Å². The van der Waals surface area contributed by atoms with Crippen molar-refractivity contribution in [1.82, 2.24) is 10.2 Å². The van der Waals surface area contributed by atoms with Crippen LogP contribution in [0, 0.1) is 6.92 Å². The average Bonchev–Trinajstić information content (AvgIpc) is 2.71. The van der Waals surface area contributed by atoms with Crippen molar-refractivity contribution in [3.05, 3.63) is 70.2 Å². The van der Waals surface area contributed by atoms with E-state index in [-0.39, 0.29) is 11.8 Å². The summed E-state index contributed by atoms with van der Waals surface area (Å²) in [5, 5.41) is 3.60. The van der Waals surface area contributed by atoms with Crippen LogP contribution in [0.15, 0.2) is 48.5 Å². The third-order valence-corrected chi connectivity index (χ3v) is 5.80. The summed E-state index contributed by atoms with van der Waals surface area (Å²) < 4.78 is 0. The minimum atomic E-state index is -0.523. The first-order valence-corrected chi connectivity index (χ1v) is 11.4. The van der Waals surface area contributed by atoms with Crippen molar-refractivity contribution in [2.24, 2.45) is 0 Å². The molecule has 0 saturated carbocycles. The van der Waals surface area contributed by atoms with Gasteiger partial charge < -0.3 is 10.2 Å². The summed E-state index contributed by atoms with van der Waals surface area (Å²) in [4.78, 5) is 27.2. The molecule has 4 nitrogen and oxygen atoms in total. The van der Waals surface area contributed by atoms with Gasteiger partial charge in [-0.05, 0) is 43.5 Å². The van der Waals surface area contributed by atoms with E-state index in [0.29, 0.717) is 23.9 Å². The predicted molar refractivity (Wildman–Crippen MR) is 122 cm³/mol. The molecule has 0 aliphatic heterocycles. The molecule has 156 valence electrons. The first-order valence-electron chi connectivity index (χ1n) is 9.85. The number of amides is 2. The zero-order chi connectivity index (χ0) is 21.2. The maximum atomic E-state index is 13.0. The predicted octanol–water partition coefficient (Wildman–Crippen LogP) is 4.83. The normalized spacial score (nSPS) is 11.7. The highest BCUT2D eigenvalue weighted by atomic mass is 35.5. The summed E-state index contributed by atoms with van der Waals surface area (Å²) in [7, 11) is 0. The number of carbonyl (C=O) groups is 2. The Morgan fingerprint density at radius 2 is 1.86 bits per heavy atom. The van der Waals surface area contributed by atoms with Crippen molar-refractivity contribution in [3.8, 4) is 0 Å². The Balaban J connectivity index is 2.04. The van der Waals surface area contributed by atoms with Gasteiger partial charge in [0, 0.05) is 23.9 Å². The summed E-state index contributed by atoms with van der Waals surface area (Å²) in [5.74, 6) is 0.887. The molecule has 6 heteroatoms. The molecule has 2 aromatic rings. The highest BCUT2D eigenvalue weighted by molar-refractivity contribution is 7.99. The number of thioether (sulfide) groups is 1. The van der Waals surface area contributed by atoms with E-state index in [1.807, 2.05) is 56.3 Å². The fraction of sp³-hybridized carbons (Fsp3) is 0.391. The smallest absolute Gasteiger partial charge is 0.242 e. The van der Waals surface area contributed by atoms with Gasteiger partial charge in [-0.1, -0.05) is 60.5 Å². The monoisotopic (exact) mass is 432 g/mol. The van der Waals surface area contributed by atoms with E-state index in [9.17, 15) is 9.59 Å². The van der Waals surface area contributed by atoms with Crippen molar-refractivity contribution in [3.63, 3.8) is 0 Å². The van der Waals surface area contributed by atoms with Gasteiger partial charge in [-0.25, -0.2) is 0 Å². The first kappa shape index (κ1) is 23.3. The van der Waals surface area contributed by atoms with Gasteiger partial charge in [0.05, 0.1) is 5.75 Å². The molecule has 1 atom stereocenters. The van der Waals surface area contributed by atoms with Gasteiger partial charge in [0.2, 0.25) is 11.8 Å². The summed E-state index contributed by atoms with van der Waals surface area (Å²) >= 11 is 7.46. The lowest BCUT2D eigenvalue weighted by atomic mass is 10.1. The summed E-state index contributed by atoms with van der Waals surface area (Å²) in [6.07, 6.45) is 0.862. The third-order valence-electron chi connectivity index (χ3n) is 4.56. The minimum Gasteiger partial charge on any atom is -0.354 e. The van der Waals surface area contributed by atoms with Crippen LogP contribution in [0.25, 0.3) is 0 Å². The number of aryl methyl sites for hydroxylation is 1. The fourth-order valence-corrected chi connectivity index (χ4v) is 3.90. The molecule has 1 unspecified atom stereocenters. The van der Waals surface area contributed by atoms with Gasteiger partial charge in [-0.3, -0.25) is 9.59 Å². The van der Waals surface area contributed by atoms with E-state index in [1.54, 1.807) is 23.6 Å². The molecule has 2 amide bonds. The molecule has 2 aromatic carbocycles. The van der Waals surface area contributed by atoms with Crippen molar-refractivity contribution in [1.29, 1.82) is 0 Å². The molecule has 0 heterocycles. The van der Waals surface area contributed by atoms with E-state index in [1.165, 1.54) is 0 Å². The Bertz CT molecular complexity index is 811. The molecule has 0 fully saturated rings. The number of halogens is 1. The topological polar surface area (TPSA) is 49.4 Å². The molecular formula is C23H29ClN2O2S. The fourth-order valence-electron chi connectivity index (χ4n) is 2.91. The molecule has 0 bridgehead atoms. The number of nitrogens with zero attached hydrogens (tertiary/aromatic N) is 1. The molecule has 0 saturated heterocycles. The van der Waals surface area contributed by atoms with E-state index < -0.39 is 6.04 Å². The molecule has 0 aromatic heterocycles. The standard InChI is InChI=1S/C23H29ClN2O2S/c1-4-12-25-23(28)18(3)26(14-20-7-5-6-17(2)13-20)22(27)16-29-15-19-8-10-21(24)11-9-19/h5-11,13,18H,4,12,14-16H2,1-3H3,(H,25,28). The number of rotatable bonds is 10. The highest BCUT2D eigenvalue weighted by Gasteiger charge is 2.25. The lowest BCUT2D eigenvalue weighted by molar-refractivity contribution is -0.138. The molecule has 29 heavy (non-hydrogen) atoms. The summed E-state index contributed by atoms with van der Waals surface area (Å²) in [5.41, 5.74) is 3.28. The van der Waals surface area contributed by atoms with Crippen LogP contribution in [0.3, 0.4) is 0 Å². The van der Waals surface area contributed by atoms with Crippen molar-refractivity contribution in [2.75, 3.05) is 12.3 Å². The molecule has 0 aliphatic carbocycles. The van der Waals surface area contributed by atoms with Crippen LogP contribution in [0.1, 0.15) is 37.0 Å². The summed E-state index contributed by atoms with van der Waals surface area (Å²) in [6, 6.07) is 15.1. The quantitative estimate of drug-likeness (QED) is 0.585. The van der Waals surface area contributed by atoms with E-state index in [0.717, 1.165) is 28.9 Å². The zero-order valence-corrected chi connectivity index (χ0v) is 18.9. The Labute approximate surface area is 183 Å². The van der Waals surface area contributed by atoms with Crippen LogP contribution >= 0.6 is 23.4 Å². The van der Waals surface area contributed by atoms with Gasteiger partial charge in [0.15, 0.2) is 0 Å². The van der Waals surface area contributed by atoms with E-state index in [4.69, 9.17) is 11.6 Å². The van der Waals surface area contributed by atoms with Crippen LogP contribution in [0.5, 0.6) is 0 Å². The molecule has 0 aliphatic rings. The van der Waals surface area contributed by atoms with Gasteiger partial charge in [-0.2, -0.15) is 0 Å². The van der Waals surface area contributed by atoms with Crippen LogP contribution in [0.2, 0.25) is 5.02 Å². The second kappa shape index (κ2) is 11.9. The number of hydrogen-bond donors (Lipinski definition) is 1. The Morgan fingerprint density at radius 1 is 1.14 bits per heavy atom. The SMILES string of the molecule is CCCNC(=O)C(C)N(Cc1cccc(C)c1)C(=O)CSCc1ccc(Cl)cc1. The van der Waals surface area contributed by atoms with Gasteiger partial charge in [0.1, 0.15) is 6.04 Å². The first-order chi connectivity index (χ1) is 13.9. The Kier molecular flexibility index (Phi) is 9.55. The highest BCUT2D eigenvalue weighted by Crippen LogP contribution is 2.18. The summed E-state index contributed by atoms with van der Waals surface area (Å²) in [6.45, 7) is 6.86. The van der Waals surface area contributed by atoms with Gasteiger partial charge in [-0.15, -0.1) is 11.8 Å². The number of nitrogens with one attached hydrogen (secondary N) is 1. The molecule has 0 radical (unpaired) electrons. The van der Waals surface area contributed by atoms with Crippen LogP contribution in [0.4, 0.5) is 0 Å². The van der Waals surface area contributed by atoms with Crippen LogP contribution in [-0.4, -0.2) is 35.1 Å². The van der Waals surface area contributed by atoms with E-state index in [2.05, 4.69) is 11.4 Å². The number of hydrogen-bond acceptors (Lipinski definition) is 3. The third kappa shape index (κ3) is 7.75.